The fraction of sp³-hybridized carbons (Fsp3) is 0.500. The first-order valence-corrected chi connectivity index (χ1v) is 5.84. The Kier molecular flexibility index (Phi) is 9.21. The van der Waals surface area contributed by atoms with Crippen LogP contribution < -0.4 is 18.9 Å². The zero-order valence-corrected chi connectivity index (χ0v) is 13.4. The molecule has 0 fully saturated rings. The summed E-state index contributed by atoms with van der Waals surface area (Å²) in [7, 11) is 0. The molecule has 0 aliphatic carbocycles. The summed E-state index contributed by atoms with van der Waals surface area (Å²) >= 11 is 0. The second-order valence-corrected chi connectivity index (χ2v) is 4.19. The molecule has 0 aliphatic heterocycles. The van der Waals surface area contributed by atoms with E-state index in [9.17, 15) is 71.9 Å². The maximum atomic E-state index is 12.1. The van der Waals surface area contributed by atoms with Crippen LogP contribution >= 0.6 is 0 Å². The average Bonchev–Trinajstić information content (AvgIpc) is 2.42. The molecule has 0 saturated heterocycles. The van der Waals surface area contributed by atoms with Gasteiger partial charge in [0.25, 0.3) is 0 Å². The number of carbonyl (C=O) groups is 4. The summed E-state index contributed by atoms with van der Waals surface area (Å²) in [6.07, 6.45) is -25.6. The van der Waals surface area contributed by atoms with Gasteiger partial charge in [0, 0.05) is 0 Å². The van der Waals surface area contributed by atoms with Crippen molar-refractivity contribution in [3.8, 4) is 0 Å². The first-order valence-electron chi connectivity index (χ1n) is 5.84. The molecule has 0 atom stereocenters. The Labute approximate surface area is 167 Å². The van der Waals surface area contributed by atoms with Crippen molar-refractivity contribution in [3.05, 3.63) is 0 Å². The number of hydrogen-bond acceptors (Lipinski definition) is 8. The van der Waals surface area contributed by atoms with E-state index in [2.05, 4.69) is 18.6 Å². The van der Waals surface area contributed by atoms with Crippen LogP contribution in [0.4, 0.5) is 52.7 Å². The number of rotatable bonds is 4. The van der Waals surface area contributed by atoms with Gasteiger partial charge < -0.3 is 20.0 Å². The van der Waals surface area contributed by atoms with E-state index in [0.717, 1.165) is 0 Å². The largest absolute Gasteiger partial charge is 1.00 e. The molecule has 8 nitrogen and oxygen atoms in total. The number of alkyl halides is 12. The third kappa shape index (κ3) is 9.02. The van der Waals surface area contributed by atoms with Crippen molar-refractivity contribution in [3.63, 3.8) is 0 Å². The van der Waals surface area contributed by atoms with Gasteiger partial charge in [0.1, 0.15) is 0 Å². The van der Waals surface area contributed by atoms with Crippen LogP contribution in [0.5, 0.6) is 0 Å². The van der Waals surface area contributed by atoms with E-state index >= 15 is 0 Å². The molecule has 0 radical (unpaired) electrons. The van der Waals surface area contributed by atoms with E-state index in [1.165, 1.54) is 0 Å². The minimum Gasteiger partial charge on any atom is -1.00 e. The molecule has 0 spiro atoms. The summed E-state index contributed by atoms with van der Waals surface area (Å²) in [6, 6.07) is 0. The fourth-order valence-corrected chi connectivity index (χ4v) is 0.936. The number of hydrogen-bond donors (Lipinski definition) is 0. The van der Waals surface area contributed by atoms with E-state index < -0.39 is 55.5 Å². The van der Waals surface area contributed by atoms with Gasteiger partial charge in [-0.1, -0.05) is 0 Å². The Bertz CT molecular complexity index is 569. The van der Waals surface area contributed by atoms with Gasteiger partial charge in [0.05, 0.1) is 0 Å². The molecule has 22 heteroatoms. The molecule has 0 aromatic carbocycles. The normalized spacial score (nSPS) is 12.9. The molecule has 0 amide bonds. The average molecular weight is 471 g/mol. The summed E-state index contributed by atoms with van der Waals surface area (Å²) in [5.41, 5.74) is 0. The van der Waals surface area contributed by atoms with Gasteiger partial charge in [-0.15, -0.1) is 0 Å². The van der Waals surface area contributed by atoms with Crippen LogP contribution in [0.1, 0.15) is 1.43 Å². The van der Waals surface area contributed by atoms with Crippen molar-refractivity contribution in [2.24, 2.45) is 0 Å². The molecule has 0 rings (SSSR count). The van der Waals surface area contributed by atoms with Gasteiger partial charge in [-0.3, -0.25) is 0 Å². The summed E-state index contributed by atoms with van der Waals surface area (Å²) in [6.45, 7) is -6.72. The molecule has 0 unspecified atom stereocenters. The predicted molar refractivity (Wildman–Crippen MR) is 55.5 cm³/mol. The van der Waals surface area contributed by atoms with Gasteiger partial charge >= 0.3 is 74.4 Å². The molecular weight excluding hydrogens is 470 g/mol. The monoisotopic (exact) mass is 471 g/mol. The molecule has 0 aliphatic rings. The maximum Gasteiger partial charge on any atom is 1.00 e. The van der Waals surface area contributed by atoms with Gasteiger partial charge in [-0.25, -0.2) is 19.2 Å². The van der Waals surface area contributed by atoms with Gasteiger partial charge in [0.15, 0.2) is 0 Å². The van der Waals surface area contributed by atoms with Gasteiger partial charge in [-0.05, 0) is 0 Å². The first-order chi connectivity index (χ1) is 12.5. The quantitative estimate of drug-likeness (QED) is 0.379. The fourth-order valence-electron chi connectivity index (χ4n) is 0.936. The van der Waals surface area contributed by atoms with Crippen LogP contribution in [0.25, 0.3) is 0 Å². The summed E-state index contributed by atoms with van der Waals surface area (Å²) in [5, 5.41) is 0. The molecule has 0 bridgehead atoms. The zero-order valence-electron chi connectivity index (χ0n) is 14.4. The summed E-state index contributed by atoms with van der Waals surface area (Å²) < 4.78 is 156. The third-order valence-electron chi connectivity index (χ3n) is 1.93. The Hall–Kier alpha value is -2.30. The molecular formula is C8HBF12LiO8-. The van der Waals surface area contributed by atoms with E-state index in [4.69, 9.17) is 0 Å². The van der Waals surface area contributed by atoms with Crippen molar-refractivity contribution in [1.82, 2.24) is 0 Å². The third-order valence-corrected chi connectivity index (χ3v) is 1.93. The van der Waals surface area contributed by atoms with E-state index in [0.29, 0.717) is 0 Å². The van der Waals surface area contributed by atoms with Crippen molar-refractivity contribution in [2.45, 2.75) is 24.7 Å². The van der Waals surface area contributed by atoms with E-state index in [1.807, 2.05) is 0 Å². The number of carbonyl (C=O) groups excluding carboxylic acids is 4. The van der Waals surface area contributed by atoms with Crippen molar-refractivity contribution >= 4 is 30.8 Å². The van der Waals surface area contributed by atoms with Crippen molar-refractivity contribution in [1.29, 1.82) is 0 Å². The molecule has 0 saturated carbocycles. The summed E-state index contributed by atoms with van der Waals surface area (Å²) in [4.78, 5) is 42.5. The van der Waals surface area contributed by atoms with Crippen LogP contribution in [-0.4, -0.2) is 55.5 Å². The molecule has 30 heavy (non-hydrogen) atoms. The van der Waals surface area contributed by atoms with Crippen LogP contribution in [0.3, 0.4) is 0 Å². The van der Waals surface area contributed by atoms with Gasteiger partial charge in [-0.2, -0.15) is 52.7 Å². The second-order valence-electron chi connectivity index (χ2n) is 4.19. The molecule has 0 aromatic heterocycles. The van der Waals surface area contributed by atoms with Crippen LogP contribution in [0.15, 0.2) is 0 Å². The Balaban J connectivity index is -0.00000392. The second kappa shape index (κ2) is 9.24. The van der Waals surface area contributed by atoms with Gasteiger partial charge in [0.2, 0.25) is 0 Å². The predicted octanol–water partition coefficient (Wildman–Crippen LogP) is -1.04. The number of halogens is 12. The molecule has 0 N–H and O–H groups in total. The molecule has 0 aromatic rings. The van der Waals surface area contributed by atoms with Crippen LogP contribution in [0.2, 0.25) is 0 Å². The SMILES string of the molecule is O=C(O[B-](OC(=O)C(F)(F)F)(OC(=O)C(F)(F)F)OC(=O)C(F)(F)F)C(F)(F)F.[H-].[Li+]. The standard InChI is InChI=1S/C8BF12O8.Li.H/c10-5(11,12)1(22)26-9(27-2(23)6(13,14)15,28-3(24)7(16,17)18)29-4(25)8(19,20)21;;/q-1;+1;-1. The smallest absolute Gasteiger partial charge is 1.00 e. The summed E-state index contributed by atoms with van der Waals surface area (Å²) in [5.74, 6) is -15.9. The topological polar surface area (TPSA) is 105 Å². The Morgan fingerprint density at radius 3 is 0.700 bits per heavy atom. The van der Waals surface area contributed by atoms with Crippen molar-refractivity contribution < 1.29 is 111 Å². The Morgan fingerprint density at radius 1 is 0.467 bits per heavy atom. The van der Waals surface area contributed by atoms with Crippen LogP contribution in [0, 0.1) is 0 Å². The molecule has 170 valence electrons. The van der Waals surface area contributed by atoms with Crippen LogP contribution in [-0.2, 0) is 37.8 Å². The van der Waals surface area contributed by atoms with E-state index in [-0.39, 0.29) is 20.3 Å². The first kappa shape index (κ1) is 29.9. The zero-order chi connectivity index (χ0) is 23.6. The minimum atomic E-state index is -6.72. The maximum absolute atomic E-state index is 12.1. The van der Waals surface area contributed by atoms with E-state index in [1.54, 1.807) is 0 Å². The Morgan fingerprint density at radius 2 is 0.600 bits per heavy atom. The minimum absolute atomic E-state index is 0. The van der Waals surface area contributed by atoms with Crippen molar-refractivity contribution in [2.75, 3.05) is 0 Å². The molecule has 0 heterocycles.